The molecule has 0 atom stereocenters. The van der Waals surface area contributed by atoms with Crippen molar-refractivity contribution in [2.75, 3.05) is 0 Å². The fraction of sp³-hybridized carbons (Fsp3) is 0.857. The first kappa shape index (κ1) is 28.5. The average molecular weight is 475 g/mol. The first-order valence-electron chi connectivity index (χ1n) is 14.4. The van der Waals surface area contributed by atoms with Crippen molar-refractivity contribution < 1.29 is 8.83 Å². The lowest BCUT2D eigenvalue weighted by molar-refractivity contribution is 0.413. The molecule has 2 heterocycles. The summed E-state index contributed by atoms with van der Waals surface area (Å²) in [5, 5.41) is 16.8. The quantitative estimate of drug-likeness (QED) is 0.150. The lowest BCUT2D eigenvalue weighted by Gasteiger charge is -2.00. The third-order valence-corrected chi connectivity index (χ3v) is 6.56. The van der Waals surface area contributed by atoms with Gasteiger partial charge in [0.05, 0.1) is 0 Å². The maximum absolute atomic E-state index is 5.81. The van der Waals surface area contributed by atoms with E-state index in [1.165, 1.54) is 103 Å². The van der Waals surface area contributed by atoms with E-state index in [0.29, 0.717) is 24.6 Å². The minimum Gasteiger partial charge on any atom is -0.425 e. The van der Waals surface area contributed by atoms with Gasteiger partial charge in [0.15, 0.2) is 0 Å². The van der Waals surface area contributed by atoms with E-state index in [2.05, 4.69) is 34.2 Å². The molecule has 0 aliphatic heterocycles. The average Bonchev–Trinajstić information content (AvgIpc) is 3.50. The van der Waals surface area contributed by atoms with Crippen LogP contribution in [0.2, 0.25) is 0 Å². The Morgan fingerprint density at radius 2 is 0.618 bits per heavy atom. The van der Waals surface area contributed by atoms with Crippen LogP contribution >= 0.6 is 0 Å². The number of rotatable bonds is 23. The van der Waals surface area contributed by atoms with Gasteiger partial charge in [0, 0.05) is 25.7 Å². The molecule has 2 rings (SSSR count). The van der Waals surface area contributed by atoms with Crippen molar-refractivity contribution in [1.29, 1.82) is 0 Å². The molecule has 0 fully saturated rings. The summed E-state index contributed by atoms with van der Waals surface area (Å²) in [7, 11) is 0. The molecule has 0 spiro atoms. The summed E-state index contributed by atoms with van der Waals surface area (Å²) in [5.41, 5.74) is 0. The normalized spacial score (nSPS) is 11.5. The number of hydrogen-bond donors (Lipinski definition) is 0. The van der Waals surface area contributed by atoms with Crippen LogP contribution in [0, 0.1) is 0 Å². The minimum atomic E-state index is 0.657. The van der Waals surface area contributed by atoms with E-state index in [4.69, 9.17) is 8.83 Å². The van der Waals surface area contributed by atoms with Crippen LogP contribution in [-0.4, -0.2) is 20.4 Å². The Morgan fingerprint density at radius 1 is 0.353 bits per heavy atom. The van der Waals surface area contributed by atoms with Crippen LogP contribution in [0.3, 0.4) is 0 Å². The third kappa shape index (κ3) is 13.9. The summed E-state index contributed by atoms with van der Waals surface area (Å²) in [6.45, 7) is 4.54. The van der Waals surface area contributed by atoms with Crippen LogP contribution in [0.1, 0.15) is 153 Å². The van der Waals surface area contributed by atoms with Gasteiger partial charge >= 0.3 is 0 Å². The molecule has 0 amide bonds. The van der Waals surface area contributed by atoms with Gasteiger partial charge in [0.2, 0.25) is 23.6 Å². The molecule has 0 aliphatic carbocycles. The van der Waals surface area contributed by atoms with Gasteiger partial charge < -0.3 is 8.83 Å². The summed E-state index contributed by atoms with van der Waals surface area (Å²) in [5.74, 6) is 2.86. The monoisotopic (exact) mass is 474 g/mol. The number of aromatic nitrogens is 4. The molecule has 34 heavy (non-hydrogen) atoms. The lowest BCUT2D eigenvalue weighted by Crippen LogP contribution is -1.91. The molecule has 0 bridgehead atoms. The Balaban J connectivity index is 1.48. The van der Waals surface area contributed by atoms with Gasteiger partial charge in [-0.25, -0.2) is 0 Å². The van der Waals surface area contributed by atoms with Crippen molar-refractivity contribution in [2.45, 2.75) is 155 Å². The van der Waals surface area contributed by atoms with Gasteiger partial charge in [-0.2, -0.15) is 0 Å². The molecule has 0 radical (unpaired) electrons. The summed E-state index contributed by atoms with van der Waals surface area (Å²) >= 11 is 0. The molecule has 0 unspecified atom stereocenters. The van der Waals surface area contributed by atoms with E-state index < -0.39 is 0 Å². The lowest BCUT2D eigenvalue weighted by atomic mass is 10.1. The molecule has 6 nitrogen and oxygen atoms in total. The van der Waals surface area contributed by atoms with Gasteiger partial charge in [-0.3, -0.25) is 0 Å². The zero-order chi connectivity index (χ0) is 24.1. The maximum atomic E-state index is 5.81. The van der Waals surface area contributed by atoms with Crippen LogP contribution in [0.5, 0.6) is 0 Å². The fourth-order valence-corrected chi connectivity index (χ4v) is 4.37. The summed E-state index contributed by atoms with van der Waals surface area (Å²) in [4.78, 5) is 0. The van der Waals surface area contributed by atoms with E-state index in [-0.39, 0.29) is 0 Å². The van der Waals surface area contributed by atoms with E-state index in [9.17, 15) is 0 Å². The van der Waals surface area contributed by atoms with Crippen LogP contribution in [0.25, 0.3) is 0 Å². The largest absolute Gasteiger partial charge is 0.425 e. The SMILES string of the molecule is CCCCCCCCCCCc1nnc(CCc2nnc(CCCCCCCCCCC)o2)o1. The highest BCUT2D eigenvalue weighted by Gasteiger charge is 2.10. The van der Waals surface area contributed by atoms with Crippen LogP contribution in [0.4, 0.5) is 0 Å². The van der Waals surface area contributed by atoms with Crippen molar-refractivity contribution in [3.8, 4) is 0 Å². The Labute approximate surface area is 208 Å². The Kier molecular flexibility index (Phi) is 16.4. The Morgan fingerprint density at radius 3 is 0.941 bits per heavy atom. The topological polar surface area (TPSA) is 77.8 Å². The predicted molar refractivity (Wildman–Crippen MR) is 138 cm³/mol. The van der Waals surface area contributed by atoms with Gasteiger partial charge in [-0.15, -0.1) is 20.4 Å². The van der Waals surface area contributed by atoms with Crippen molar-refractivity contribution in [3.63, 3.8) is 0 Å². The first-order valence-corrected chi connectivity index (χ1v) is 14.4. The minimum absolute atomic E-state index is 0.657. The zero-order valence-corrected chi connectivity index (χ0v) is 22.2. The number of aryl methyl sites for hydroxylation is 4. The highest BCUT2D eigenvalue weighted by molar-refractivity contribution is 4.88. The van der Waals surface area contributed by atoms with Gasteiger partial charge in [-0.1, -0.05) is 117 Å². The second-order valence-corrected chi connectivity index (χ2v) is 9.84. The van der Waals surface area contributed by atoms with Crippen molar-refractivity contribution in [2.24, 2.45) is 0 Å². The summed E-state index contributed by atoms with van der Waals surface area (Å²) in [6, 6.07) is 0. The third-order valence-electron chi connectivity index (χ3n) is 6.56. The molecule has 6 heteroatoms. The summed E-state index contributed by atoms with van der Waals surface area (Å²) in [6.07, 6.45) is 26.9. The second-order valence-electron chi connectivity index (χ2n) is 9.84. The highest BCUT2D eigenvalue weighted by Crippen LogP contribution is 2.14. The molecule has 0 saturated carbocycles. The van der Waals surface area contributed by atoms with Crippen LogP contribution in [0.15, 0.2) is 8.83 Å². The fourth-order valence-electron chi connectivity index (χ4n) is 4.37. The maximum Gasteiger partial charge on any atom is 0.217 e. The predicted octanol–water partition coefficient (Wildman–Crippen LogP) is 8.38. The summed E-state index contributed by atoms with van der Waals surface area (Å²) < 4.78 is 11.6. The number of unbranched alkanes of at least 4 members (excludes halogenated alkanes) is 16. The molecule has 0 aliphatic rings. The van der Waals surface area contributed by atoms with Crippen molar-refractivity contribution in [3.05, 3.63) is 23.6 Å². The molecule has 0 aromatic carbocycles. The van der Waals surface area contributed by atoms with Crippen molar-refractivity contribution in [1.82, 2.24) is 20.4 Å². The molecule has 2 aromatic rings. The number of hydrogen-bond acceptors (Lipinski definition) is 6. The standard InChI is InChI=1S/C28H50N4O2/c1-3-5-7-9-11-13-15-17-19-21-25-29-31-27(33-25)23-24-28-32-30-26(34-28)22-20-18-16-14-12-10-8-6-4-2/h3-24H2,1-2H3. The molecular weight excluding hydrogens is 424 g/mol. The molecule has 0 saturated heterocycles. The Hall–Kier alpha value is -1.72. The number of nitrogens with zero attached hydrogens (tertiary/aromatic N) is 4. The highest BCUT2D eigenvalue weighted by atomic mass is 16.4. The van der Waals surface area contributed by atoms with E-state index in [0.717, 1.165) is 37.5 Å². The molecule has 2 aromatic heterocycles. The molecule has 0 N–H and O–H groups in total. The van der Waals surface area contributed by atoms with E-state index in [1.807, 2.05) is 0 Å². The molecular formula is C28H50N4O2. The van der Waals surface area contributed by atoms with Gasteiger partial charge in [0.25, 0.3) is 0 Å². The first-order chi connectivity index (χ1) is 16.8. The smallest absolute Gasteiger partial charge is 0.217 e. The molecule has 194 valence electrons. The van der Waals surface area contributed by atoms with Crippen LogP contribution in [-0.2, 0) is 25.7 Å². The van der Waals surface area contributed by atoms with Crippen molar-refractivity contribution >= 4 is 0 Å². The zero-order valence-electron chi connectivity index (χ0n) is 22.2. The second kappa shape index (κ2) is 19.6. The van der Waals surface area contributed by atoms with Gasteiger partial charge in [-0.05, 0) is 12.8 Å². The van der Waals surface area contributed by atoms with E-state index in [1.54, 1.807) is 0 Å². The van der Waals surface area contributed by atoms with Gasteiger partial charge in [0.1, 0.15) is 0 Å². The Bertz CT molecular complexity index is 653. The van der Waals surface area contributed by atoms with E-state index >= 15 is 0 Å². The van der Waals surface area contributed by atoms with Crippen LogP contribution < -0.4 is 0 Å².